The summed E-state index contributed by atoms with van der Waals surface area (Å²) in [6, 6.07) is 4.40. The molecule has 0 radical (unpaired) electrons. The highest BCUT2D eigenvalue weighted by Gasteiger charge is 2.16. The summed E-state index contributed by atoms with van der Waals surface area (Å²) in [5, 5.41) is 9.66. The number of halogens is 1. The Labute approximate surface area is 87.5 Å². The summed E-state index contributed by atoms with van der Waals surface area (Å²) in [6.07, 6.45) is -1.19. The van der Waals surface area contributed by atoms with Gasteiger partial charge in [-0.05, 0) is 24.1 Å². The Bertz CT molecular complexity index is 363. The van der Waals surface area contributed by atoms with Gasteiger partial charge in [0.2, 0.25) is 0 Å². The van der Waals surface area contributed by atoms with Crippen molar-refractivity contribution in [2.45, 2.75) is 19.4 Å². The fourth-order valence-electron chi connectivity index (χ4n) is 1.34. The first-order valence-corrected chi connectivity index (χ1v) is 4.56. The van der Waals surface area contributed by atoms with Crippen LogP contribution in [0.1, 0.15) is 23.7 Å². The van der Waals surface area contributed by atoms with Crippen LogP contribution in [0.3, 0.4) is 0 Å². The van der Waals surface area contributed by atoms with Crippen molar-refractivity contribution in [2.75, 3.05) is 7.11 Å². The lowest BCUT2D eigenvalue weighted by molar-refractivity contribution is -0.142. The molecule has 0 saturated carbocycles. The summed E-state index contributed by atoms with van der Waals surface area (Å²) in [6.45, 7) is 1.56. The average Bonchev–Trinajstić information content (AvgIpc) is 2.21. The lowest BCUT2D eigenvalue weighted by atomic mass is 10.0. The molecule has 0 amide bonds. The lowest BCUT2D eigenvalue weighted by Crippen LogP contribution is -2.09. The van der Waals surface area contributed by atoms with Gasteiger partial charge in [-0.15, -0.1) is 0 Å². The fraction of sp³-hybridized carbons (Fsp3) is 0.364. The maximum absolute atomic E-state index is 13.1. The quantitative estimate of drug-likeness (QED) is 0.776. The highest BCUT2D eigenvalue weighted by molar-refractivity contribution is 5.70. The molecular formula is C11H13FO3. The van der Waals surface area contributed by atoms with Crippen molar-refractivity contribution >= 4 is 5.97 Å². The third-order valence-corrected chi connectivity index (χ3v) is 2.26. The van der Waals surface area contributed by atoms with Crippen LogP contribution in [-0.2, 0) is 9.53 Å². The van der Waals surface area contributed by atoms with Gasteiger partial charge in [-0.2, -0.15) is 0 Å². The van der Waals surface area contributed by atoms with Crippen molar-refractivity contribution in [2.24, 2.45) is 0 Å². The maximum atomic E-state index is 13.1. The van der Waals surface area contributed by atoms with Crippen LogP contribution in [0.25, 0.3) is 0 Å². The van der Waals surface area contributed by atoms with Gasteiger partial charge in [0, 0.05) is 0 Å². The molecule has 0 fully saturated rings. The Hall–Kier alpha value is -1.42. The zero-order valence-corrected chi connectivity index (χ0v) is 8.66. The lowest BCUT2D eigenvalue weighted by Gasteiger charge is -2.12. The molecule has 3 nitrogen and oxygen atoms in total. The number of ether oxygens (including phenoxy) is 1. The summed E-state index contributed by atoms with van der Waals surface area (Å²) in [7, 11) is 1.24. The summed E-state index contributed by atoms with van der Waals surface area (Å²) < 4.78 is 17.6. The van der Waals surface area contributed by atoms with Crippen LogP contribution < -0.4 is 0 Å². The van der Waals surface area contributed by atoms with Crippen molar-refractivity contribution in [3.8, 4) is 0 Å². The first-order chi connectivity index (χ1) is 7.06. The highest BCUT2D eigenvalue weighted by Crippen LogP contribution is 2.22. The molecule has 0 unspecified atom stereocenters. The Morgan fingerprint density at radius 1 is 1.60 bits per heavy atom. The molecule has 15 heavy (non-hydrogen) atoms. The smallest absolute Gasteiger partial charge is 0.308 e. The van der Waals surface area contributed by atoms with Crippen molar-refractivity contribution < 1.29 is 19.0 Å². The van der Waals surface area contributed by atoms with Crippen molar-refractivity contribution in [3.05, 3.63) is 35.1 Å². The zero-order chi connectivity index (χ0) is 11.4. The van der Waals surface area contributed by atoms with Crippen LogP contribution in [0.4, 0.5) is 4.39 Å². The summed E-state index contributed by atoms with van der Waals surface area (Å²) in [5.74, 6) is -0.914. The molecule has 1 N–H and O–H groups in total. The standard InChI is InChI=1S/C11H13FO3/c1-7-8(4-3-5-9(7)12)10(13)6-11(14)15-2/h3-5,10,13H,6H2,1-2H3/t10-/m1/s1. The summed E-state index contributed by atoms with van der Waals surface area (Å²) in [5.41, 5.74) is 0.773. The predicted octanol–water partition coefficient (Wildman–Crippen LogP) is 1.73. The molecule has 1 rings (SSSR count). The predicted molar refractivity (Wildman–Crippen MR) is 52.7 cm³/mol. The van der Waals surface area contributed by atoms with E-state index in [0.29, 0.717) is 11.1 Å². The van der Waals surface area contributed by atoms with E-state index in [9.17, 15) is 14.3 Å². The topological polar surface area (TPSA) is 46.5 Å². The normalized spacial score (nSPS) is 12.3. The highest BCUT2D eigenvalue weighted by atomic mass is 19.1. The minimum Gasteiger partial charge on any atom is -0.469 e. The SMILES string of the molecule is COC(=O)C[C@@H](O)c1cccc(F)c1C. The maximum Gasteiger partial charge on any atom is 0.308 e. The van der Waals surface area contributed by atoms with Gasteiger partial charge >= 0.3 is 5.97 Å². The van der Waals surface area contributed by atoms with Crippen LogP contribution in [-0.4, -0.2) is 18.2 Å². The molecule has 1 aromatic carbocycles. The molecule has 1 atom stereocenters. The van der Waals surface area contributed by atoms with Gasteiger partial charge in [0.25, 0.3) is 0 Å². The van der Waals surface area contributed by atoms with Gasteiger partial charge in [-0.3, -0.25) is 4.79 Å². The molecule has 0 aliphatic rings. The Kier molecular flexibility index (Phi) is 3.80. The third-order valence-electron chi connectivity index (χ3n) is 2.26. The zero-order valence-electron chi connectivity index (χ0n) is 8.66. The van der Waals surface area contributed by atoms with Gasteiger partial charge in [-0.25, -0.2) is 4.39 Å². The molecule has 0 saturated heterocycles. The van der Waals surface area contributed by atoms with E-state index in [1.165, 1.54) is 19.2 Å². The molecule has 0 aliphatic heterocycles. The van der Waals surface area contributed by atoms with Crippen LogP contribution >= 0.6 is 0 Å². The van der Waals surface area contributed by atoms with E-state index in [0.717, 1.165) is 0 Å². The van der Waals surface area contributed by atoms with Gasteiger partial charge in [0.15, 0.2) is 0 Å². The van der Waals surface area contributed by atoms with Gasteiger partial charge < -0.3 is 9.84 Å². The number of esters is 1. The third kappa shape index (κ3) is 2.76. The van der Waals surface area contributed by atoms with E-state index in [1.807, 2.05) is 0 Å². The second-order valence-electron chi connectivity index (χ2n) is 3.25. The number of carbonyl (C=O) groups excluding carboxylic acids is 1. The van der Waals surface area contributed by atoms with Crippen molar-refractivity contribution in [1.29, 1.82) is 0 Å². The number of benzene rings is 1. The number of hydrogen-bond acceptors (Lipinski definition) is 3. The summed E-state index contributed by atoms with van der Waals surface area (Å²) >= 11 is 0. The fourth-order valence-corrected chi connectivity index (χ4v) is 1.34. The first-order valence-electron chi connectivity index (χ1n) is 4.56. The molecule has 0 spiro atoms. The number of hydrogen-bond donors (Lipinski definition) is 1. The second-order valence-corrected chi connectivity index (χ2v) is 3.25. The van der Waals surface area contributed by atoms with Crippen LogP contribution in [0.5, 0.6) is 0 Å². The Morgan fingerprint density at radius 3 is 2.87 bits per heavy atom. The molecule has 0 heterocycles. The molecule has 0 aromatic heterocycles. The van der Waals surface area contributed by atoms with E-state index >= 15 is 0 Å². The molecule has 1 aromatic rings. The minimum atomic E-state index is -1.02. The monoisotopic (exact) mass is 212 g/mol. The number of methoxy groups -OCH3 is 1. The minimum absolute atomic E-state index is 0.166. The number of aliphatic hydroxyl groups excluding tert-OH is 1. The molecule has 0 bridgehead atoms. The van der Waals surface area contributed by atoms with Crippen molar-refractivity contribution in [3.63, 3.8) is 0 Å². The molecule has 4 heteroatoms. The van der Waals surface area contributed by atoms with E-state index in [4.69, 9.17) is 0 Å². The number of carbonyl (C=O) groups is 1. The average molecular weight is 212 g/mol. The van der Waals surface area contributed by atoms with E-state index in [-0.39, 0.29) is 6.42 Å². The van der Waals surface area contributed by atoms with E-state index in [2.05, 4.69) is 4.74 Å². The van der Waals surface area contributed by atoms with Gasteiger partial charge in [0.1, 0.15) is 5.82 Å². The number of aliphatic hydroxyl groups is 1. The first kappa shape index (κ1) is 11.7. The van der Waals surface area contributed by atoms with E-state index in [1.54, 1.807) is 13.0 Å². The van der Waals surface area contributed by atoms with Crippen LogP contribution in [0.2, 0.25) is 0 Å². The molecule has 0 aliphatic carbocycles. The van der Waals surface area contributed by atoms with Gasteiger partial charge in [-0.1, -0.05) is 12.1 Å². The number of rotatable bonds is 3. The molecule has 82 valence electrons. The van der Waals surface area contributed by atoms with Crippen LogP contribution in [0, 0.1) is 12.7 Å². The Morgan fingerprint density at radius 2 is 2.27 bits per heavy atom. The van der Waals surface area contributed by atoms with E-state index < -0.39 is 17.9 Å². The van der Waals surface area contributed by atoms with Crippen molar-refractivity contribution in [1.82, 2.24) is 0 Å². The Balaban J connectivity index is 2.86. The second kappa shape index (κ2) is 4.89. The largest absolute Gasteiger partial charge is 0.469 e. The molecular weight excluding hydrogens is 199 g/mol. The van der Waals surface area contributed by atoms with Gasteiger partial charge in [0.05, 0.1) is 19.6 Å². The summed E-state index contributed by atoms with van der Waals surface area (Å²) in [4.78, 5) is 10.9. The van der Waals surface area contributed by atoms with Crippen LogP contribution in [0.15, 0.2) is 18.2 Å².